The third-order valence-corrected chi connectivity index (χ3v) is 4.86. The number of ether oxygens (including phenoxy) is 2. The Morgan fingerprint density at radius 1 is 1.04 bits per heavy atom. The summed E-state index contributed by atoms with van der Waals surface area (Å²) in [4.78, 5) is 19.2. The number of pyridine rings is 1. The highest BCUT2D eigenvalue weighted by atomic mass is 16.5. The van der Waals surface area contributed by atoms with Crippen molar-refractivity contribution in [2.24, 2.45) is 0 Å². The van der Waals surface area contributed by atoms with E-state index in [9.17, 15) is 4.79 Å². The minimum Gasteiger partial charge on any atom is -0.493 e. The van der Waals surface area contributed by atoms with Gasteiger partial charge in [-0.15, -0.1) is 0 Å². The molecule has 1 N–H and O–H groups in total. The third-order valence-electron chi connectivity index (χ3n) is 4.86. The van der Waals surface area contributed by atoms with Gasteiger partial charge in [-0.25, -0.2) is 0 Å². The molecule has 1 fully saturated rings. The summed E-state index contributed by atoms with van der Waals surface area (Å²) in [5, 5.41) is 2.95. The summed E-state index contributed by atoms with van der Waals surface area (Å²) < 4.78 is 10.5. The molecule has 1 aromatic carbocycles. The van der Waals surface area contributed by atoms with Crippen LogP contribution in [0.2, 0.25) is 0 Å². The number of amides is 1. The lowest BCUT2D eigenvalue weighted by Gasteiger charge is -2.22. The van der Waals surface area contributed by atoms with Crippen LogP contribution in [0.1, 0.15) is 41.6 Å². The molecule has 6 nitrogen and oxygen atoms in total. The van der Waals surface area contributed by atoms with E-state index in [-0.39, 0.29) is 5.91 Å². The summed E-state index contributed by atoms with van der Waals surface area (Å²) >= 11 is 0. The number of hydrogen-bond acceptors (Lipinski definition) is 5. The Morgan fingerprint density at radius 3 is 2.48 bits per heavy atom. The highest BCUT2D eigenvalue weighted by Crippen LogP contribution is 2.27. The second-order valence-corrected chi connectivity index (χ2v) is 6.71. The molecular formula is C21H27N3O3. The number of hydrogen-bond donors (Lipinski definition) is 1. The van der Waals surface area contributed by atoms with Crippen molar-refractivity contribution in [3.63, 3.8) is 0 Å². The van der Waals surface area contributed by atoms with Crippen LogP contribution in [-0.2, 0) is 6.54 Å². The molecule has 2 heterocycles. The van der Waals surface area contributed by atoms with E-state index >= 15 is 0 Å². The van der Waals surface area contributed by atoms with Crippen molar-refractivity contribution in [1.82, 2.24) is 10.3 Å². The Labute approximate surface area is 160 Å². The van der Waals surface area contributed by atoms with Crippen molar-refractivity contribution in [1.29, 1.82) is 0 Å². The maximum absolute atomic E-state index is 12.6. The first-order valence-electron chi connectivity index (χ1n) is 9.40. The van der Waals surface area contributed by atoms with Gasteiger partial charge in [0.05, 0.1) is 31.7 Å². The molecule has 1 amide bonds. The Morgan fingerprint density at radius 2 is 1.78 bits per heavy atom. The van der Waals surface area contributed by atoms with Gasteiger partial charge < -0.3 is 19.7 Å². The van der Waals surface area contributed by atoms with E-state index in [2.05, 4.69) is 15.2 Å². The monoisotopic (exact) mass is 369 g/mol. The van der Waals surface area contributed by atoms with Gasteiger partial charge in [0, 0.05) is 25.8 Å². The molecule has 0 bridgehead atoms. The molecule has 1 aliphatic heterocycles. The van der Waals surface area contributed by atoms with Gasteiger partial charge >= 0.3 is 0 Å². The van der Waals surface area contributed by atoms with Gasteiger partial charge in [-0.1, -0.05) is 18.9 Å². The van der Waals surface area contributed by atoms with Gasteiger partial charge in [-0.05, 0) is 36.6 Å². The lowest BCUT2D eigenvalue weighted by molar-refractivity contribution is 0.0950. The first-order chi connectivity index (χ1) is 13.2. The van der Waals surface area contributed by atoms with Crippen LogP contribution >= 0.6 is 0 Å². The van der Waals surface area contributed by atoms with Gasteiger partial charge in [0.15, 0.2) is 11.5 Å². The summed E-state index contributed by atoms with van der Waals surface area (Å²) in [7, 11) is 3.20. The fourth-order valence-electron chi connectivity index (χ4n) is 3.33. The molecular weight excluding hydrogens is 342 g/mol. The molecule has 2 aromatic rings. The molecule has 1 aromatic heterocycles. The van der Waals surface area contributed by atoms with E-state index in [4.69, 9.17) is 9.47 Å². The molecule has 3 rings (SSSR count). The van der Waals surface area contributed by atoms with Crippen LogP contribution in [0.25, 0.3) is 0 Å². The summed E-state index contributed by atoms with van der Waals surface area (Å²) in [5.74, 6) is 1.19. The predicted octanol–water partition coefficient (Wildman–Crippen LogP) is 3.41. The predicted molar refractivity (Wildman–Crippen MR) is 106 cm³/mol. The van der Waals surface area contributed by atoms with Gasteiger partial charge in [-0.3, -0.25) is 9.78 Å². The zero-order chi connectivity index (χ0) is 19.1. The highest BCUT2D eigenvalue weighted by molar-refractivity contribution is 5.94. The smallest absolute Gasteiger partial charge is 0.253 e. The van der Waals surface area contributed by atoms with Crippen LogP contribution in [0, 0.1) is 0 Å². The van der Waals surface area contributed by atoms with Crippen LogP contribution < -0.4 is 19.7 Å². The zero-order valence-electron chi connectivity index (χ0n) is 16.0. The van der Waals surface area contributed by atoms with Gasteiger partial charge in [-0.2, -0.15) is 0 Å². The fourth-order valence-corrected chi connectivity index (χ4v) is 3.33. The van der Waals surface area contributed by atoms with E-state index in [0.29, 0.717) is 23.6 Å². The van der Waals surface area contributed by atoms with Crippen LogP contribution in [-0.4, -0.2) is 38.2 Å². The number of nitrogens with zero attached hydrogens (tertiary/aromatic N) is 2. The Hall–Kier alpha value is -2.76. The molecule has 6 heteroatoms. The maximum Gasteiger partial charge on any atom is 0.253 e. The first kappa shape index (κ1) is 19.0. The first-order valence-corrected chi connectivity index (χ1v) is 9.40. The molecule has 0 atom stereocenters. The summed E-state index contributed by atoms with van der Waals surface area (Å²) in [6, 6.07) is 7.54. The summed E-state index contributed by atoms with van der Waals surface area (Å²) in [6.45, 7) is 2.46. The zero-order valence-corrected chi connectivity index (χ0v) is 16.0. The number of anilines is 1. The highest BCUT2D eigenvalue weighted by Gasteiger charge is 2.13. The van der Waals surface area contributed by atoms with Crippen molar-refractivity contribution in [2.75, 3.05) is 32.2 Å². The number of rotatable bonds is 6. The summed E-state index contributed by atoms with van der Waals surface area (Å²) in [6.07, 6.45) is 8.39. The van der Waals surface area contributed by atoms with Crippen molar-refractivity contribution in [2.45, 2.75) is 32.2 Å². The standard InChI is InChI=1S/C21H27N3O3/c1-26-19-8-7-16(11-20(19)27-2)13-23-21(25)17-12-18(15-22-14-17)24-9-5-3-4-6-10-24/h7-8,11-12,14-15H,3-6,9-10,13H2,1-2H3,(H,23,25). The second-order valence-electron chi connectivity index (χ2n) is 6.71. The molecule has 0 aliphatic carbocycles. The van der Waals surface area contributed by atoms with Crippen LogP contribution in [0.5, 0.6) is 11.5 Å². The molecule has 0 radical (unpaired) electrons. The number of carbonyl (C=O) groups is 1. The summed E-state index contributed by atoms with van der Waals surface area (Å²) in [5.41, 5.74) is 2.55. The van der Waals surface area contributed by atoms with Gasteiger partial charge in [0.25, 0.3) is 5.91 Å². The number of methoxy groups -OCH3 is 2. The minimum atomic E-state index is -0.131. The number of aromatic nitrogens is 1. The topological polar surface area (TPSA) is 63.7 Å². The van der Waals surface area contributed by atoms with Gasteiger partial charge in [0.1, 0.15) is 0 Å². The Bertz CT molecular complexity index is 771. The quantitative estimate of drug-likeness (QED) is 0.845. The molecule has 0 unspecified atom stereocenters. The average molecular weight is 369 g/mol. The van der Waals surface area contributed by atoms with E-state index in [1.54, 1.807) is 20.4 Å². The molecule has 0 spiro atoms. The number of nitrogens with one attached hydrogen (secondary N) is 1. The molecule has 0 saturated carbocycles. The van der Waals surface area contributed by atoms with Crippen molar-refractivity contribution >= 4 is 11.6 Å². The molecule has 1 saturated heterocycles. The SMILES string of the molecule is COc1ccc(CNC(=O)c2cncc(N3CCCCCC3)c2)cc1OC. The van der Waals surface area contributed by atoms with Crippen molar-refractivity contribution < 1.29 is 14.3 Å². The third kappa shape index (κ3) is 4.90. The Kier molecular flexibility index (Phi) is 6.52. The van der Waals surface area contributed by atoms with E-state index < -0.39 is 0 Å². The minimum absolute atomic E-state index is 0.131. The molecule has 27 heavy (non-hydrogen) atoms. The fraction of sp³-hybridized carbons (Fsp3) is 0.429. The van der Waals surface area contributed by atoms with E-state index in [1.165, 1.54) is 25.7 Å². The largest absolute Gasteiger partial charge is 0.493 e. The average Bonchev–Trinajstić information content (AvgIpc) is 3.01. The number of benzene rings is 1. The second kappa shape index (κ2) is 9.26. The number of carbonyl (C=O) groups excluding carboxylic acids is 1. The van der Waals surface area contributed by atoms with Gasteiger partial charge in [0.2, 0.25) is 0 Å². The normalized spacial score (nSPS) is 14.4. The van der Waals surface area contributed by atoms with Crippen molar-refractivity contribution in [3.8, 4) is 11.5 Å². The van der Waals surface area contributed by atoms with Crippen LogP contribution in [0.4, 0.5) is 5.69 Å². The van der Waals surface area contributed by atoms with E-state index in [1.807, 2.05) is 30.5 Å². The molecule has 144 valence electrons. The van der Waals surface area contributed by atoms with Crippen molar-refractivity contribution in [3.05, 3.63) is 47.8 Å². The van der Waals surface area contributed by atoms with Crippen LogP contribution in [0.15, 0.2) is 36.7 Å². The lowest BCUT2D eigenvalue weighted by Crippen LogP contribution is -2.26. The lowest BCUT2D eigenvalue weighted by atomic mass is 10.2. The maximum atomic E-state index is 12.6. The Balaban J connectivity index is 1.65. The van der Waals surface area contributed by atoms with Crippen LogP contribution in [0.3, 0.4) is 0 Å². The van der Waals surface area contributed by atoms with E-state index in [0.717, 1.165) is 24.3 Å². The molecule has 1 aliphatic rings.